The van der Waals surface area contributed by atoms with E-state index < -0.39 is 6.04 Å². The van der Waals surface area contributed by atoms with Crippen molar-refractivity contribution in [3.05, 3.63) is 18.5 Å². The lowest BCUT2D eigenvalue weighted by molar-refractivity contribution is -0.117. The lowest BCUT2D eigenvalue weighted by atomic mass is 10.2. The molecule has 6 nitrogen and oxygen atoms in total. The fourth-order valence-corrected chi connectivity index (χ4v) is 2.49. The number of pyridine rings is 1. The summed E-state index contributed by atoms with van der Waals surface area (Å²) in [7, 11) is 0. The van der Waals surface area contributed by atoms with Gasteiger partial charge in [0.2, 0.25) is 5.91 Å². The minimum atomic E-state index is -0.494. The maximum Gasteiger partial charge on any atom is 0.241 e. The number of nitrogens with two attached hydrogens (primary N) is 1. The van der Waals surface area contributed by atoms with Crippen molar-refractivity contribution in [2.24, 2.45) is 5.73 Å². The van der Waals surface area contributed by atoms with Crippen molar-refractivity contribution in [3.63, 3.8) is 0 Å². The zero-order valence-corrected chi connectivity index (χ0v) is 13.4. The number of rotatable bonds is 6. The maximum absolute atomic E-state index is 12.0. The highest BCUT2D eigenvalue weighted by molar-refractivity contribution is 7.98. The molecule has 0 unspecified atom stereocenters. The van der Waals surface area contributed by atoms with Gasteiger partial charge in [-0.15, -0.1) is 0 Å². The third kappa shape index (κ3) is 3.74. The average molecular weight is 307 g/mol. The van der Waals surface area contributed by atoms with Gasteiger partial charge in [0.05, 0.1) is 24.1 Å². The van der Waals surface area contributed by atoms with E-state index in [4.69, 9.17) is 5.73 Å². The van der Waals surface area contributed by atoms with Gasteiger partial charge in [-0.25, -0.2) is 9.67 Å². The summed E-state index contributed by atoms with van der Waals surface area (Å²) < 4.78 is 1.85. The molecule has 0 saturated heterocycles. The van der Waals surface area contributed by atoms with Crippen molar-refractivity contribution in [1.82, 2.24) is 14.8 Å². The van der Waals surface area contributed by atoms with E-state index in [-0.39, 0.29) is 11.9 Å². The maximum atomic E-state index is 12.0. The molecule has 0 radical (unpaired) electrons. The van der Waals surface area contributed by atoms with E-state index in [1.807, 2.05) is 17.0 Å². The molecule has 1 amide bonds. The third-order valence-electron chi connectivity index (χ3n) is 3.16. The molecule has 114 valence electrons. The number of carbonyl (C=O) groups is 1. The molecule has 0 aliphatic rings. The summed E-state index contributed by atoms with van der Waals surface area (Å²) in [4.78, 5) is 16.4. The Kier molecular flexibility index (Phi) is 5.19. The van der Waals surface area contributed by atoms with E-state index >= 15 is 0 Å². The summed E-state index contributed by atoms with van der Waals surface area (Å²) >= 11 is 1.68. The number of anilines is 1. The first-order valence-electron chi connectivity index (χ1n) is 6.91. The van der Waals surface area contributed by atoms with Gasteiger partial charge in [-0.1, -0.05) is 0 Å². The van der Waals surface area contributed by atoms with Gasteiger partial charge in [-0.05, 0) is 38.3 Å². The molecule has 0 aliphatic heterocycles. The summed E-state index contributed by atoms with van der Waals surface area (Å²) in [6.07, 6.45) is 6.05. The molecular formula is C14H21N5OS. The molecule has 0 aromatic carbocycles. The van der Waals surface area contributed by atoms with Crippen LogP contribution in [0.15, 0.2) is 18.5 Å². The lowest BCUT2D eigenvalue weighted by Gasteiger charge is -2.11. The van der Waals surface area contributed by atoms with Gasteiger partial charge in [0.15, 0.2) is 5.65 Å². The topological polar surface area (TPSA) is 85.8 Å². The molecule has 2 aromatic rings. The minimum absolute atomic E-state index is 0.179. The normalized spacial score (nSPS) is 12.8. The largest absolute Gasteiger partial charge is 0.323 e. The van der Waals surface area contributed by atoms with E-state index in [2.05, 4.69) is 29.2 Å². The van der Waals surface area contributed by atoms with E-state index in [1.54, 1.807) is 24.2 Å². The second kappa shape index (κ2) is 6.91. The van der Waals surface area contributed by atoms with E-state index in [1.165, 1.54) is 0 Å². The molecule has 0 bridgehead atoms. The molecule has 2 rings (SSSR count). The molecule has 1 atom stereocenters. The Morgan fingerprint density at radius 2 is 2.24 bits per heavy atom. The summed E-state index contributed by atoms with van der Waals surface area (Å²) in [5.41, 5.74) is 7.31. The number of carbonyl (C=O) groups excluding carboxylic acids is 1. The number of hydrogen-bond acceptors (Lipinski definition) is 5. The van der Waals surface area contributed by atoms with Crippen LogP contribution in [0.1, 0.15) is 26.3 Å². The van der Waals surface area contributed by atoms with Crippen molar-refractivity contribution in [3.8, 4) is 0 Å². The Labute approximate surface area is 128 Å². The molecular weight excluding hydrogens is 286 g/mol. The fraction of sp³-hybridized carbons (Fsp3) is 0.500. The summed E-state index contributed by atoms with van der Waals surface area (Å²) in [6, 6.07) is 1.62. The number of fused-ring (bicyclic) bond motifs is 1. The number of hydrogen-bond donors (Lipinski definition) is 2. The highest BCUT2D eigenvalue weighted by atomic mass is 32.2. The van der Waals surface area contributed by atoms with Gasteiger partial charge in [0.1, 0.15) is 0 Å². The quantitative estimate of drug-likeness (QED) is 0.853. The summed E-state index contributed by atoms with van der Waals surface area (Å²) in [6.45, 7) is 4.10. The van der Waals surface area contributed by atoms with Crippen LogP contribution < -0.4 is 11.1 Å². The van der Waals surface area contributed by atoms with E-state index in [0.717, 1.165) is 16.8 Å². The first-order chi connectivity index (χ1) is 10.0. The van der Waals surface area contributed by atoms with Gasteiger partial charge in [-0.2, -0.15) is 16.9 Å². The first-order valence-corrected chi connectivity index (χ1v) is 8.31. The van der Waals surface area contributed by atoms with Crippen LogP contribution in [0.5, 0.6) is 0 Å². The van der Waals surface area contributed by atoms with Gasteiger partial charge in [-0.3, -0.25) is 4.79 Å². The highest BCUT2D eigenvalue weighted by Gasteiger charge is 2.14. The fourth-order valence-electron chi connectivity index (χ4n) is 2.00. The standard InChI is InChI=1S/C14H21N5OS/c1-9(2)19-13-10(7-17-19)6-11(8-16-13)18-14(20)12(15)4-5-21-3/h6-9,12H,4-5,15H2,1-3H3,(H,18,20)/t12-/m1/s1. The van der Waals surface area contributed by atoms with Crippen LogP contribution in [0.25, 0.3) is 11.0 Å². The summed E-state index contributed by atoms with van der Waals surface area (Å²) in [5.74, 6) is 0.689. The third-order valence-corrected chi connectivity index (χ3v) is 3.80. The second-order valence-corrected chi connectivity index (χ2v) is 6.18. The Morgan fingerprint density at radius 1 is 1.48 bits per heavy atom. The van der Waals surface area contributed by atoms with Gasteiger partial charge >= 0.3 is 0 Å². The smallest absolute Gasteiger partial charge is 0.241 e. The molecule has 0 saturated carbocycles. The molecule has 0 aliphatic carbocycles. The highest BCUT2D eigenvalue weighted by Crippen LogP contribution is 2.19. The number of amides is 1. The van der Waals surface area contributed by atoms with Gasteiger partial charge in [0, 0.05) is 11.4 Å². The van der Waals surface area contributed by atoms with Crippen molar-refractivity contribution in [2.45, 2.75) is 32.4 Å². The Bertz CT molecular complexity index is 625. The predicted octanol–water partition coefficient (Wildman–Crippen LogP) is 2.03. The lowest BCUT2D eigenvalue weighted by Crippen LogP contribution is -2.36. The second-order valence-electron chi connectivity index (χ2n) is 5.20. The number of nitrogens with one attached hydrogen (secondary N) is 1. The minimum Gasteiger partial charge on any atom is -0.323 e. The van der Waals surface area contributed by atoms with Crippen LogP contribution in [-0.4, -0.2) is 38.7 Å². The Balaban J connectivity index is 2.11. The van der Waals surface area contributed by atoms with Crippen LogP contribution in [-0.2, 0) is 4.79 Å². The number of aromatic nitrogens is 3. The van der Waals surface area contributed by atoms with Gasteiger partial charge < -0.3 is 11.1 Å². The average Bonchev–Trinajstić information content (AvgIpc) is 2.87. The van der Waals surface area contributed by atoms with E-state index in [0.29, 0.717) is 12.1 Å². The zero-order chi connectivity index (χ0) is 15.4. The Hall–Kier alpha value is -1.60. The summed E-state index contributed by atoms with van der Waals surface area (Å²) in [5, 5.41) is 8.02. The van der Waals surface area contributed by atoms with Crippen LogP contribution in [0.4, 0.5) is 5.69 Å². The molecule has 3 N–H and O–H groups in total. The first kappa shape index (κ1) is 15.8. The van der Waals surface area contributed by atoms with Crippen molar-refractivity contribution in [1.29, 1.82) is 0 Å². The van der Waals surface area contributed by atoms with Crippen LogP contribution in [0.2, 0.25) is 0 Å². The van der Waals surface area contributed by atoms with Gasteiger partial charge in [0.25, 0.3) is 0 Å². The zero-order valence-electron chi connectivity index (χ0n) is 12.5. The Morgan fingerprint density at radius 3 is 2.90 bits per heavy atom. The van der Waals surface area contributed by atoms with E-state index in [9.17, 15) is 4.79 Å². The van der Waals surface area contributed by atoms with Crippen LogP contribution in [0, 0.1) is 0 Å². The molecule has 0 fully saturated rings. The monoisotopic (exact) mass is 307 g/mol. The molecule has 2 heterocycles. The molecule has 21 heavy (non-hydrogen) atoms. The molecule has 0 spiro atoms. The van der Waals surface area contributed by atoms with Crippen molar-refractivity contribution >= 4 is 34.4 Å². The van der Waals surface area contributed by atoms with Crippen LogP contribution in [0.3, 0.4) is 0 Å². The molecule has 7 heteroatoms. The van der Waals surface area contributed by atoms with Crippen molar-refractivity contribution in [2.75, 3.05) is 17.3 Å². The van der Waals surface area contributed by atoms with Crippen LogP contribution >= 0.6 is 11.8 Å². The van der Waals surface area contributed by atoms with Crippen molar-refractivity contribution < 1.29 is 4.79 Å². The molecule has 2 aromatic heterocycles. The number of nitrogens with zero attached hydrogens (tertiary/aromatic N) is 3. The SMILES string of the molecule is CSCC[C@@H](N)C(=O)Nc1cnc2c(cnn2C(C)C)c1. The predicted molar refractivity (Wildman–Crippen MR) is 87.5 cm³/mol. The number of thioether (sulfide) groups is 1.